The number of methoxy groups -OCH3 is 2. The number of ether oxygens (including phenoxy) is 3. The predicted octanol–water partition coefficient (Wildman–Crippen LogP) is 1.37. The molecule has 144 valence electrons. The Morgan fingerprint density at radius 3 is 2.30 bits per heavy atom. The first-order valence-electron chi connectivity index (χ1n) is 8.30. The summed E-state index contributed by atoms with van der Waals surface area (Å²) in [5.74, 6) is -0.261. The fourth-order valence-corrected chi connectivity index (χ4v) is 2.40. The summed E-state index contributed by atoms with van der Waals surface area (Å²) < 4.78 is 17.4. The van der Waals surface area contributed by atoms with Crippen molar-refractivity contribution in [3.63, 3.8) is 0 Å². The van der Waals surface area contributed by atoms with Crippen LogP contribution in [-0.2, 0) is 4.79 Å². The highest BCUT2D eigenvalue weighted by Gasteiger charge is 2.19. The maximum Gasteiger partial charge on any atom is 0.263 e. The fraction of sp³-hybridized carbons (Fsp3) is 0.316. The lowest BCUT2D eigenvalue weighted by molar-refractivity contribution is -0.120. The molecule has 0 radical (unpaired) electrons. The molecule has 0 spiro atoms. The third kappa shape index (κ3) is 4.87. The van der Waals surface area contributed by atoms with Gasteiger partial charge in [-0.05, 0) is 38.1 Å². The number of hydrogen-bond acceptors (Lipinski definition) is 6. The van der Waals surface area contributed by atoms with E-state index in [0.29, 0.717) is 11.1 Å². The number of amides is 1. The van der Waals surface area contributed by atoms with Gasteiger partial charge in [-0.1, -0.05) is 6.07 Å². The van der Waals surface area contributed by atoms with Crippen LogP contribution in [0.25, 0.3) is 0 Å². The van der Waals surface area contributed by atoms with Crippen molar-refractivity contribution in [3.05, 3.63) is 47.6 Å². The Morgan fingerprint density at radius 2 is 1.78 bits per heavy atom. The maximum atomic E-state index is 13.0. The third-order valence-corrected chi connectivity index (χ3v) is 3.51. The van der Waals surface area contributed by atoms with Crippen molar-refractivity contribution in [3.8, 4) is 17.2 Å². The normalized spacial score (nSPS) is 11.4. The van der Waals surface area contributed by atoms with E-state index in [-0.39, 0.29) is 35.8 Å². The fourth-order valence-electron chi connectivity index (χ4n) is 2.40. The first-order valence-corrected chi connectivity index (χ1v) is 8.30. The Morgan fingerprint density at radius 1 is 1.15 bits per heavy atom. The molecule has 0 aliphatic carbocycles. The van der Waals surface area contributed by atoms with Crippen molar-refractivity contribution in [1.82, 2.24) is 4.57 Å². The van der Waals surface area contributed by atoms with E-state index in [0.717, 1.165) is 0 Å². The smallest absolute Gasteiger partial charge is 0.263 e. The average Bonchev–Trinajstić information content (AvgIpc) is 2.64. The van der Waals surface area contributed by atoms with E-state index >= 15 is 0 Å². The van der Waals surface area contributed by atoms with Gasteiger partial charge in [0.25, 0.3) is 11.8 Å². The van der Waals surface area contributed by atoms with Gasteiger partial charge in [0.2, 0.25) is 5.75 Å². The molecular weight excluding hydrogens is 350 g/mol. The maximum absolute atomic E-state index is 13.0. The standard InChI is InChI=1S/C19H23N3O5/c1-12(2)21-17-7-5-6-8-22(17)19(24)13-9-14(25-3)18(15(10-13)26-4)27-11-16(20)23/h5-10,12H,11H2,1-4H3,(H2,20,23). The van der Waals surface area contributed by atoms with Crippen LogP contribution in [0.2, 0.25) is 0 Å². The van der Waals surface area contributed by atoms with Crippen LogP contribution < -0.4 is 25.4 Å². The van der Waals surface area contributed by atoms with Crippen LogP contribution in [0, 0.1) is 0 Å². The summed E-state index contributed by atoms with van der Waals surface area (Å²) in [6, 6.07) is 8.38. The van der Waals surface area contributed by atoms with E-state index in [9.17, 15) is 9.59 Å². The number of hydrogen-bond donors (Lipinski definition) is 1. The Hall–Kier alpha value is -3.29. The molecule has 0 fully saturated rings. The molecule has 0 bridgehead atoms. The Balaban J connectivity index is 2.54. The van der Waals surface area contributed by atoms with E-state index < -0.39 is 5.91 Å². The first kappa shape index (κ1) is 20.0. The van der Waals surface area contributed by atoms with Gasteiger partial charge in [0, 0.05) is 17.8 Å². The number of aromatic nitrogens is 1. The molecule has 27 heavy (non-hydrogen) atoms. The molecule has 2 rings (SSSR count). The Bertz CT molecular complexity index is 877. The van der Waals surface area contributed by atoms with Gasteiger partial charge in [0.05, 0.1) is 14.2 Å². The van der Waals surface area contributed by atoms with E-state index in [2.05, 4.69) is 4.99 Å². The second kappa shape index (κ2) is 8.88. The van der Waals surface area contributed by atoms with Crippen molar-refractivity contribution in [1.29, 1.82) is 0 Å². The molecule has 8 nitrogen and oxygen atoms in total. The van der Waals surface area contributed by atoms with Gasteiger partial charge in [-0.25, -0.2) is 0 Å². The van der Waals surface area contributed by atoms with Gasteiger partial charge in [-0.2, -0.15) is 0 Å². The first-order chi connectivity index (χ1) is 12.9. The zero-order chi connectivity index (χ0) is 20.0. The number of carbonyl (C=O) groups excluding carboxylic acids is 2. The van der Waals surface area contributed by atoms with Crippen LogP contribution in [0.3, 0.4) is 0 Å². The minimum absolute atomic E-state index is 0.0279. The molecular formula is C19H23N3O5. The van der Waals surface area contributed by atoms with Crippen molar-refractivity contribution >= 4 is 11.8 Å². The number of rotatable bonds is 7. The number of primary amides is 1. The number of pyridine rings is 1. The lowest BCUT2D eigenvalue weighted by atomic mass is 10.1. The monoisotopic (exact) mass is 373 g/mol. The molecule has 0 aliphatic rings. The van der Waals surface area contributed by atoms with E-state index in [1.807, 2.05) is 19.9 Å². The zero-order valence-electron chi connectivity index (χ0n) is 15.8. The lowest BCUT2D eigenvalue weighted by Gasteiger charge is -2.15. The molecule has 2 aromatic rings. The Kier molecular flexibility index (Phi) is 6.59. The second-order valence-corrected chi connectivity index (χ2v) is 5.92. The third-order valence-electron chi connectivity index (χ3n) is 3.51. The summed E-state index contributed by atoms with van der Waals surface area (Å²) in [6.45, 7) is 3.52. The van der Waals surface area contributed by atoms with Crippen molar-refractivity contribution in [2.75, 3.05) is 20.8 Å². The van der Waals surface area contributed by atoms with Gasteiger partial charge < -0.3 is 19.9 Å². The molecule has 1 heterocycles. The van der Waals surface area contributed by atoms with Gasteiger partial charge in [-0.3, -0.25) is 19.1 Å². The molecule has 8 heteroatoms. The molecule has 1 aromatic carbocycles. The van der Waals surface area contributed by atoms with Gasteiger partial charge in [0.1, 0.15) is 5.49 Å². The number of nitrogens with two attached hydrogens (primary N) is 1. The minimum Gasteiger partial charge on any atom is -0.493 e. The van der Waals surface area contributed by atoms with Crippen molar-refractivity contribution in [2.24, 2.45) is 10.7 Å². The minimum atomic E-state index is -0.640. The quantitative estimate of drug-likeness (QED) is 0.789. The summed E-state index contributed by atoms with van der Waals surface area (Å²) in [6.07, 6.45) is 1.64. The van der Waals surface area contributed by atoms with Gasteiger partial charge in [-0.15, -0.1) is 0 Å². The van der Waals surface area contributed by atoms with Crippen molar-refractivity contribution in [2.45, 2.75) is 19.9 Å². The number of benzene rings is 1. The summed E-state index contributed by atoms with van der Waals surface area (Å²) in [5, 5.41) is 0. The molecule has 0 saturated heterocycles. The van der Waals surface area contributed by atoms with E-state index in [1.165, 1.54) is 30.9 Å². The zero-order valence-corrected chi connectivity index (χ0v) is 15.8. The van der Waals surface area contributed by atoms with Crippen molar-refractivity contribution < 1.29 is 23.8 Å². The highest BCUT2D eigenvalue weighted by molar-refractivity contribution is 5.97. The van der Waals surface area contributed by atoms with Gasteiger partial charge >= 0.3 is 0 Å². The molecule has 1 amide bonds. The molecule has 1 aromatic heterocycles. The molecule has 0 atom stereocenters. The molecule has 0 saturated carbocycles. The summed E-state index contributed by atoms with van der Waals surface area (Å²) >= 11 is 0. The molecule has 2 N–H and O–H groups in total. The lowest BCUT2D eigenvalue weighted by Crippen LogP contribution is -2.28. The van der Waals surface area contributed by atoms with Gasteiger partial charge in [0.15, 0.2) is 18.1 Å². The number of nitrogens with zero attached hydrogens (tertiary/aromatic N) is 2. The summed E-state index contributed by atoms with van der Waals surface area (Å²) in [5.41, 5.74) is 5.96. The van der Waals surface area contributed by atoms with Crippen LogP contribution in [0.15, 0.2) is 41.5 Å². The largest absolute Gasteiger partial charge is 0.493 e. The second-order valence-electron chi connectivity index (χ2n) is 5.92. The SMILES string of the molecule is COc1cc(C(=O)n2ccccc2=NC(C)C)cc(OC)c1OCC(N)=O. The number of carbonyl (C=O) groups is 2. The predicted molar refractivity (Wildman–Crippen MR) is 99.1 cm³/mol. The topological polar surface area (TPSA) is 105 Å². The van der Waals surface area contributed by atoms with E-state index in [1.54, 1.807) is 18.3 Å². The van der Waals surface area contributed by atoms with Crippen LogP contribution in [0.1, 0.15) is 24.2 Å². The van der Waals surface area contributed by atoms with Crippen LogP contribution in [0.5, 0.6) is 17.2 Å². The Labute approximate surface area is 157 Å². The molecule has 0 unspecified atom stereocenters. The highest BCUT2D eigenvalue weighted by Crippen LogP contribution is 2.38. The van der Waals surface area contributed by atoms with E-state index in [4.69, 9.17) is 19.9 Å². The van der Waals surface area contributed by atoms with Crippen LogP contribution in [0.4, 0.5) is 0 Å². The average molecular weight is 373 g/mol. The highest BCUT2D eigenvalue weighted by atomic mass is 16.5. The molecule has 0 aliphatic heterocycles. The summed E-state index contributed by atoms with van der Waals surface area (Å²) in [4.78, 5) is 28.5. The van der Waals surface area contributed by atoms with Crippen LogP contribution >= 0.6 is 0 Å². The van der Waals surface area contributed by atoms with Crippen LogP contribution in [-0.4, -0.2) is 43.2 Å². The summed E-state index contributed by atoms with van der Waals surface area (Å²) in [7, 11) is 2.85.